The number of hydrogen-bond donors (Lipinski definition) is 5. The number of carboxylic acids is 2. The van der Waals surface area contributed by atoms with Crippen LogP contribution >= 0.6 is 0 Å². The molecule has 0 fully saturated rings. The van der Waals surface area contributed by atoms with Crippen molar-refractivity contribution in [2.24, 2.45) is 5.92 Å². The zero-order valence-electron chi connectivity index (χ0n) is 29.4. The fourth-order valence-corrected chi connectivity index (χ4v) is 5.20. The molecule has 10 heteroatoms. The second-order valence-corrected chi connectivity index (χ2v) is 12.6. The summed E-state index contributed by atoms with van der Waals surface area (Å²) in [5.74, 6) is -2.32. The molecule has 46 heavy (non-hydrogen) atoms. The molecule has 1 aromatic rings. The summed E-state index contributed by atoms with van der Waals surface area (Å²) in [6.45, 7) is 8.24. The summed E-state index contributed by atoms with van der Waals surface area (Å²) in [6.07, 6.45) is 26.5. The van der Waals surface area contributed by atoms with Crippen LogP contribution in [0.4, 0.5) is 0 Å². The maximum Gasteiger partial charge on any atom is 0.326 e. The molecule has 266 valence electrons. The molecule has 0 aromatic carbocycles. The molecule has 5 N–H and O–H groups in total. The Balaban J connectivity index is 0.000000885. The summed E-state index contributed by atoms with van der Waals surface area (Å²) in [4.78, 5) is 52.9. The third-order valence-electron chi connectivity index (χ3n) is 8.41. The summed E-state index contributed by atoms with van der Waals surface area (Å²) >= 11 is 0. The fraction of sp³-hybridized carbons (Fsp3) is 0.806. The maximum atomic E-state index is 11.9. The van der Waals surface area contributed by atoms with Crippen LogP contribution in [0.1, 0.15) is 168 Å². The summed E-state index contributed by atoms with van der Waals surface area (Å²) < 4.78 is 0. The van der Waals surface area contributed by atoms with Gasteiger partial charge in [-0.15, -0.1) is 0 Å². The first kappa shape index (κ1) is 43.1. The molecule has 1 rings (SSSR count). The van der Waals surface area contributed by atoms with Crippen LogP contribution in [0.2, 0.25) is 0 Å². The average Bonchev–Trinajstić information content (AvgIpc) is 3.54. The lowest BCUT2D eigenvalue weighted by Gasteiger charge is -2.20. The summed E-state index contributed by atoms with van der Waals surface area (Å²) in [6, 6.07) is -1.67. The molecule has 10 nitrogen and oxygen atoms in total. The minimum absolute atomic E-state index is 0.0374. The van der Waals surface area contributed by atoms with E-state index in [1.54, 1.807) is 6.20 Å². The summed E-state index contributed by atoms with van der Waals surface area (Å²) in [5.41, 5.74) is 0.630. The normalized spacial score (nSPS) is 12.8. The molecule has 1 heterocycles. The van der Waals surface area contributed by atoms with Crippen LogP contribution in [0.5, 0.6) is 0 Å². The molecule has 3 atom stereocenters. The quantitative estimate of drug-likeness (QED) is 0.0575. The number of nitrogens with zero attached hydrogens (tertiary/aromatic N) is 1. The Kier molecular flexibility index (Phi) is 27.6. The van der Waals surface area contributed by atoms with Gasteiger partial charge in [0.2, 0.25) is 11.8 Å². The number of amides is 2. The van der Waals surface area contributed by atoms with Gasteiger partial charge in [0.1, 0.15) is 12.1 Å². The predicted octanol–water partition coefficient (Wildman–Crippen LogP) is 7.97. The van der Waals surface area contributed by atoms with Crippen LogP contribution in [0.25, 0.3) is 0 Å². The third-order valence-corrected chi connectivity index (χ3v) is 8.41. The molecule has 0 bridgehead atoms. The van der Waals surface area contributed by atoms with E-state index in [-0.39, 0.29) is 24.2 Å². The van der Waals surface area contributed by atoms with E-state index in [2.05, 4.69) is 34.4 Å². The Hall–Kier alpha value is -2.91. The SMILES string of the molecule is CCCCCCCCCCCC(=O)N[C@@H](C(=O)O)C(C)CC.CCCCCCCCCCCC(=O)N[C@H](Cc1c[nH]cn1)C(=O)O. The Bertz CT molecular complexity index is 908. The number of nitrogens with one attached hydrogen (secondary N) is 3. The van der Waals surface area contributed by atoms with Crippen LogP contribution in [0, 0.1) is 5.92 Å². The van der Waals surface area contributed by atoms with E-state index in [9.17, 15) is 24.3 Å². The van der Waals surface area contributed by atoms with Gasteiger partial charge >= 0.3 is 11.9 Å². The molecule has 0 saturated carbocycles. The number of hydrogen-bond acceptors (Lipinski definition) is 5. The van der Waals surface area contributed by atoms with Crippen molar-refractivity contribution in [3.63, 3.8) is 0 Å². The van der Waals surface area contributed by atoms with Gasteiger partial charge in [0.15, 0.2) is 0 Å². The van der Waals surface area contributed by atoms with E-state index in [0.717, 1.165) is 38.5 Å². The second kappa shape index (κ2) is 29.5. The molecule has 0 aliphatic heterocycles. The first-order valence-electron chi connectivity index (χ1n) is 18.2. The smallest absolute Gasteiger partial charge is 0.326 e. The highest BCUT2D eigenvalue weighted by Crippen LogP contribution is 2.13. The van der Waals surface area contributed by atoms with Gasteiger partial charge in [-0.3, -0.25) is 9.59 Å². The van der Waals surface area contributed by atoms with E-state index in [0.29, 0.717) is 18.5 Å². The predicted molar refractivity (Wildman–Crippen MR) is 185 cm³/mol. The first-order chi connectivity index (χ1) is 22.2. The minimum atomic E-state index is -1.03. The Morgan fingerprint density at radius 3 is 1.48 bits per heavy atom. The van der Waals surface area contributed by atoms with Gasteiger partial charge < -0.3 is 25.8 Å². The van der Waals surface area contributed by atoms with Crippen LogP contribution in [-0.4, -0.2) is 56.0 Å². The van der Waals surface area contributed by atoms with Crippen LogP contribution in [-0.2, 0) is 25.6 Å². The van der Waals surface area contributed by atoms with Crippen LogP contribution in [0.3, 0.4) is 0 Å². The highest BCUT2D eigenvalue weighted by atomic mass is 16.4. The number of aromatic nitrogens is 2. The molecule has 1 unspecified atom stereocenters. The average molecular weight is 651 g/mol. The zero-order valence-corrected chi connectivity index (χ0v) is 29.4. The van der Waals surface area contributed by atoms with Crippen molar-refractivity contribution < 1.29 is 29.4 Å². The maximum absolute atomic E-state index is 11.9. The fourth-order valence-electron chi connectivity index (χ4n) is 5.20. The molecule has 0 aliphatic rings. The molecular weight excluding hydrogens is 584 g/mol. The molecule has 0 radical (unpaired) electrons. The van der Waals surface area contributed by atoms with Gasteiger partial charge in [0.25, 0.3) is 0 Å². The lowest BCUT2D eigenvalue weighted by molar-refractivity contribution is -0.143. The first-order valence-corrected chi connectivity index (χ1v) is 18.2. The number of aromatic amines is 1. The molecule has 1 aromatic heterocycles. The lowest BCUT2D eigenvalue weighted by atomic mass is 9.99. The van der Waals surface area contributed by atoms with Crippen molar-refractivity contribution in [3.05, 3.63) is 18.2 Å². The second-order valence-electron chi connectivity index (χ2n) is 12.6. The van der Waals surface area contributed by atoms with Gasteiger partial charge in [-0.05, 0) is 18.8 Å². The summed E-state index contributed by atoms with van der Waals surface area (Å²) in [5, 5.41) is 23.6. The van der Waals surface area contributed by atoms with Gasteiger partial charge in [-0.1, -0.05) is 137 Å². The topological polar surface area (TPSA) is 161 Å². The number of H-pyrrole nitrogens is 1. The van der Waals surface area contributed by atoms with E-state index in [4.69, 9.17) is 5.11 Å². The number of aliphatic carboxylic acids is 2. The van der Waals surface area contributed by atoms with E-state index in [1.165, 1.54) is 89.8 Å². The van der Waals surface area contributed by atoms with Crippen molar-refractivity contribution in [1.82, 2.24) is 20.6 Å². The Morgan fingerprint density at radius 1 is 0.674 bits per heavy atom. The number of carbonyl (C=O) groups excluding carboxylic acids is 2. The highest BCUT2D eigenvalue weighted by molar-refractivity contribution is 5.84. The van der Waals surface area contributed by atoms with Crippen LogP contribution < -0.4 is 10.6 Å². The monoisotopic (exact) mass is 650 g/mol. The molecule has 0 spiro atoms. The highest BCUT2D eigenvalue weighted by Gasteiger charge is 2.25. The largest absolute Gasteiger partial charge is 0.480 e. The van der Waals surface area contributed by atoms with Crippen molar-refractivity contribution in [2.75, 3.05) is 0 Å². The number of carboxylic acid groups (broad SMARTS) is 2. The molecule has 2 amide bonds. The van der Waals surface area contributed by atoms with E-state index in [1.807, 2.05) is 13.8 Å². The molecule has 0 aliphatic carbocycles. The van der Waals surface area contributed by atoms with Crippen LogP contribution in [0.15, 0.2) is 12.5 Å². The minimum Gasteiger partial charge on any atom is -0.480 e. The Morgan fingerprint density at radius 2 is 1.11 bits per heavy atom. The van der Waals surface area contributed by atoms with Gasteiger partial charge in [-0.2, -0.15) is 0 Å². The standard InChI is InChI=1S/C18H31N3O3.C18H35NO3/c1-2-3-4-5-6-7-8-9-10-11-17(22)21-16(18(23)24)12-15-13-19-14-20-15;1-4-6-7-8-9-10-11-12-13-14-16(20)19-17(18(21)22)15(3)5-2/h13-14,16H,2-12H2,1H3,(H,19,20)(H,21,22)(H,23,24);15,17H,4-14H2,1-3H3,(H,19,20)(H,21,22)/t16-;15?,17-/m11/s1. The van der Waals surface area contributed by atoms with E-state index < -0.39 is 24.0 Å². The van der Waals surface area contributed by atoms with Crippen molar-refractivity contribution in [3.8, 4) is 0 Å². The van der Waals surface area contributed by atoms with E-state index >= 15 is 0 Å². The third kappa shape index (κ3) is 24.3. The van der Waals surface area contributed by atoms with Gasteiger partial charge in [-0.25, -0.2) is 14.6 Å². The molecular formula is C36H66N4O6. The Labute approximate surface area is 278 Å². The van der Waals surface area contributed by atoms with Crippen molar-refractivity contribution >= 4 is 23.8 Å². The number of imidazole rings is 1. The molecule has 0 saturated heterocycles. The number of carbonyl (C=O) groups is 4. The van der Waals surface area contributed by atoms with Gasteiger partial charge in [0.05, 0.1) is 12.0 Å². The number of unbranched alkanes of at least 4 members (excludes halogenated alkanes) is 16. The number of rotatable bonds is 28. The van der Waals surface area contributed by atoms with Crippen molar-refractivity contribution in [2.45, 2.75) is 181 Å². The zero-order chi connectivity index (χ0) is 34.4. The summed E-state index contributed by atoms with van der Waals surface area (Å²) in [7, 11) is 0. The van der Waals surface area contributed by atoms with Crippen molar-refractivity contribution in [1.29, 1.82) is 0 Å². The van der Waals surface area contributed by atoms with Gasteiger partial charge in [0, 0.05) is 25.5 Å². The lowest BCUT2D eigenvalue weighted by Crippen LogP contribution is -2.44.